The average Bonchev–Trinajstić information content (AvgIpc) is 2.84. The van der Waals surface area contributed by atoms with Gasteiger partial charge in [0.1, 0.15) is 34.2 Å². The summed E-state index contributed by atoms with van der Waals surface area (Å²) in [5.41, 5.74) is 0.363. The molecular weight excluding hydrogens is 516 g/mol. The quantitative estimate of drug-likeness (QED) is 0.478. The van der Waals surface area contributed by atoms with Crippen LogP contribution in [0.2, 0.25) is 0 Å². The van der Waals surface area contributed by atoms with E-state index in [2.05, 4.69) is 30.9 Å². The zero-order valence-electron chi connectivity index (χ0n) is 18.1. The molecule has 0 aliphatic carbocycles. The van der Waals surface area contributed by atoms with E-state index in [1.54, 1.807) is 11.8 Å². The van der Waals surface area contributed by atoms with Gasteiger partial charge in [0.25, 0.3) is 11.5 Å². The van der Waals surface area contributed by atoms with Crippen molar-refractivity contribution >= 4 is 21.8 Å². The lowest BCUT2D eigenvalue weighted by atomic mass is 10.2. The summed E-state index contributed by atoms with van der Waals surface area (Å²) in [4.78, 5) is 39.8. The molecule has 3 heterocycles. The normalized spacial score (nSPS) is 13.7. The van der Waals surface area contributed by atoms with E-state index in [0.29, 0.717) is 37.8 Å². The van der Waals surface area contributed by atoms with Crippen LogP contribution in [0.15, 0.2) is 39.9 Å². The van der Waals surface area contributed by atoms with Crippen LogP contribution in [0.3, 0.4) is 0 Å². The summed E-state index contributed by atoms with van der Waals surface area (Å²) in [5, 5.41) is 0. The lowest BCUT2D eigenvalue weighted by Gasteiger charge is -2.26. The maximum absolute atomic E-state index is 13.8. The molecule has 1 fully saturated rings. The minimum Gasteiger partial charge on any atom is -0.472 e. The van der Waals surface area contributed by atoms with Crippen molar-refractivity contribution in [1.82, 2.24) is 24.4 Å². The summed E-state index contributed by atoms with van der Waals surface area (Å²) < 4.78 is 39.1. The molecule has 0 saturated carbocycles. The fourth-order valence-corrected chi connectivity index (χ4v) is 3.73. The van der Waals surface area contributed by atoms with Crippen LogP contribution in [0, 0.1) is 18.6 Å². The largest absolute Gasteiger partial charge is 0.472 e. The molecule has 0 unspecified atom stereocenters. The predicted octanol–water partition coefficient (Wildman–Crippen LogP) is 2.48. The molecule has 9 nitrogen and oxygen atoms in total. The summed E-state index contributed by atoms with van der Waals surface area (Å²) in [6.45, 7) is 3.42. The van der Waals surface area contributed by atoms with Crippen molar-refractivity contribution in [1.29, 1.82) is 0 Å². The first-order valence-corrected chi connectivity index (χ1v) is 11.1. The lowest BCUT2D eigenvalue weighted by molar-refractivity contribution is 0.0298. The number of rotatable bonds is 6. The van der Waals surface area contributed by atoms with Crippen molar-refractivity contribution in [2.75, 3.05) is 26.3 Å². The van der Waals surface area contributed by atoms with Crippen LogP contribution in [0.4, 0.5) is 8.78 Å². The fourth-order valence-electron chi connectivity index (χ4n) is 3.32. The van der Waals surface area contributed by atoms with Gasteiger partial charge in [0.2, 0.25) is 5.88 Å². The molecule has 0 atom stereocenters. The van der Waals surface area contributed by atoms with Gasteiger partial charge in [-0.15, -0.1) is 0 Å². The minimum atomic E-state index is -0.754. The second kappa shape index (κ2) is 10.3. The Morgan fingerprint density at radius 2 is 1.97 bits per heavy atom. The fraction of sp³-hybridized carbons (Fsp3) is 0.318. The zero-order chi connectivity index (χ0) is 24.2. The van der Waals surface area contributed by atoms with E-state index in [1.165, 1.54) is 23.0 Å². The molecule has 0 bridgehead atoms. The highest BCUT2D eigenvalue weighted by Gasteiger charge is 2.20. The lowest BCUT2D eigenvalue weighted by Crippen LogP contribution is -2.41. The smallest absolute Gasteiger partial charge is 0.274 e. The summed E-state index contributed by atoms with van der Waals surface area (Å²) in [7, 11) is 0. The number of hydrogen-bond acceptors (Lipinski definition) is 7. The molecular formula is C22H20BrF2N5O4. The Hall–Kier alpha value is -3.25. The topological polar surface area (TPSA) is 99.4 Å². The highest BCUT2D eigenvalue weighted by atomic mass is 79.9. The van der Waals surface area contributed by atoms with Gasteiger partial charge in [0.05, 0.1) is 37.8 Å². The summed E-state index contributed by atoms with van der Waals surface area (Å²) in [5.74, 6) is -1.35. The molecule has 0 N–H and O–H groups in total. The Morgan fingerprint density at radius 3 is 2.65 bits per heavy atom. The number of morpholine rings is 1. The van der Waals surface area contributed by atoms with E-state index in [0.717, 1.165) is 12.1 Å². The molecule has 12 heteroatoms. The molecule has 1 aliphatic heterocycles. The van der Waals surface area contributed by atoms with Gasteiger partial charge in [-0.25, -0.2) is 13.8 Å². The van der Waals surface area contributed by atoms with Crippen molar-refractivity contribution < 1.29 is 23.0 Å². The third-order valence-corrected chi connectivity index (χ3v) is 5.88. The second-order valence-electron chi connectivity index (χ2n) is 7.49. The number of ether oxygens (including phenoxy) is 2. The molecule has 1 aromatic carbocycles. The third-order valence-electron chi connectivity index (χ3n) is 5.20. The van der Waals surface area contributed by atoms with Crippen molar-refractivity contribution in [2.45, 2.75) is 20.1 Å². The number of hydrogen-bond donors (Lipinski definition) is 0. The number of amides is 1. The Balaban J connectivity index is 1.47. The van der Waals surface area contributed by atoms with Crippen molar-refractivity contribution in [3.8, 4) is 5.88 Å². The molecule has 1 amide bonds. The van der Waals surface area contributed by atoms with E-state index in [1.807, 2.05) is 0 Å². The first-order chi connectivity index (χ1) is 16.3. The number of aromatic nitrogens is 4. The maximum Gasteiger partial charge on any atom is 0.274 e. The maximum atomic E-state index is 13.8. The molecule has 0 spiro atoms. The number of carbonyl (C=O) groups is 1. The van der Waals surface area contributed by atoms with Gasteiger partial charge in [-0.3, -0.25) is 19.1 Å². The van der Waals surface area contributed by atoms with Gasteiger partial charge in [-0.05, 0) is 35.0 Å². The number of benzene rings is 1. The van der Waals surface area contributed by atoms with Crippen molar-refractivity contribution in [3.05, 3.63) is 79.8 Å². The Kier molecular flexibility index (Phi) is 7.27. The highest BCUT2D eigenvalue weighted by Crippen LogP contribution is 2.21. The number of halogens is 3. The average molecular weight is 536 g/mol. The van der Waals surface area contributed by atoms with Gasteiger partial charge < -0.3 is 14.4 Å². The first kappa shape index (κ1) is 23.9. The number of nitrogens with zero attached hydrogens (tertiary/aromatic N) is 5. The van der Waals surface area contributed by atoms with Crippen LogP contribution in [0.5, 0.6) is 5.88 Å². The van der Waals surface area contributed by atoms with Gasteiger partial charge >= 0.3 is 0 Å². The number of carbonyl (C=O) groups excluding carboxylic acids is 1. The van der Waals surface area contributed by atoms with Crippen LogP contribution < -0.4 is 10.3 Å². The SMILES string of the molecule is Cc1nc(OCc2ccc(F)cc2F)c(Br)c(=O)n1Cc1cnc(C(=O)N2CCOCC2)cn1. The summed E-state index contributed by atoms with van der Waals surface area (Å²) >= 11 is 3.19. The number of aryl methyl sites for hydroxylation is 1. The minimum absolute atomic E-state index is 0.0139. The molecule has 3 aromatic rings. The molecule has 0 radical (unpaired) electrons. The molecule has 34 heavy (non-hydrogen) atoms. The zero-order valence-corrected chi connectivity index (χ0v) is 19.7. The van der Waals surface area contributed by atoms with E-state index < -0.39 is 17.2 Å². The molecule has 1 saturated heterocycles. The second-order valence-corrected chi connectivity index (χ2v) is 8.28. The Bertz CT molecular complexity index is 1260. The van der Waals surface area contributed by atoms with Gasteiger partial charge in [0, 0.05) is 24.7 Å². The van der Waals surface area contributed by atoms with Crippen molar-refractivity contribution in [2.24, 2.45) is 0 Å². The summed E-state index contributed by atoms with van der Waals surface area (Å²) in [6, 6.07) is 3.14. The van der Waals surface area contributed by atoms with Crippen LogP contribution >= 0.6 is 15.9 Å². The van der Waals surface area contributed by atoms with Crippen LogP contribution in [0.1, 0.15) is 27.6 Å². The van der Waals surface area contributed by atoms with Crippen LogP contribution in [-0.2, 0) is 17.9 Å². The van der Waals surface area contributed by atoms with Gasteiger partial charge in [-0.1, -0.05) is 0 Å². The highest BCUT2D eigenvalue weighted by molar-refractivity contribution is 9.10. The van der Waals surface area contributed by atoms with Gasteiger partial charge in [0.15, 0.2) is 0 Å². The van der Waals surface area contributed by atoms with E-state index in [9.17, 15) is 18.4 Å². The Morgan fingerprint density at radius 1 is 1.21 bits per heavy atom. The molecule has 4 rings (SSSR count). The molecule has 2 aromatic heterocycles. The van der Waals surface area contributed by atoms with E-state index in [-0.39, 0.29) is 40.7 Å². The standard InChI is InChI=1S/C22H20BrF2N5O4/c1-13-28-20(34-12-14-2-3-15(24)8-17(14)25)19(23)22(32)30(13)11-16-9-27-18(10-26-16)21(31)29-4-6-33-7-5-29/h2-3,8-10H,4-7,11-12H2,1H3. The van der Waals surface area contributed by atoms with Crippen LogP contribution in [0.25, 0.3) is 0 Å². The predicted molar refractivity (Wildman–Crippen MR) is 119 cm³/mol. The van der Waals surface area contributed by atoms with Gasteiger partial charge in [-0.2, -0.15) is 4.98 Å². The molecule has 1 aliphatic rings. The van der Waals surface area contributed by atoms with E-state index >= 15 is 0 Å². The molecule has 178 valence electrons. The van der Waals surface area contributed by atoms with Crippen molar-refractivity contribution in [3.63, 3.8) is 0 Å². The van der Waals surface area contributed by atoms with E-state index in [4.69, 9.17) is 9.47 Å². The summed E-state index contributed by atoms with van der Waals surface area (Å²) in [6.07, 6.45) is 2.82. The third kappa shape index (κ3) is 5.28. The Labute approximate surface area is 201 Å². The van der Waals surface area contributed by atoms with Crippen LogP contribution in [-0.4, -0.2) is 56.6 Å². The first-order valence-electron chi connectivity index (χ1n) is 10.3. The monoisotopic (exact) mass is 535 g/mol.